The fourth-order valence-corrected chi connectivity index (χ4v) is 2.78. The number of rotatable bonds is 6. The first kappa shape index (κ1) is 10.5. The summed E-state index contributed by atoms with van der Waals surface area (Å²) in [6, 6.07) is 0.890. The second kappa shape index (κ2) is 5.75. The molecule has 1 nitrogen and oxygen atoms in total. The fourth-order valence-electron chi connectivity index (χ4n) is 2.78. The molecule has 1 heteroatoms. The summed E-state index contributed by atoms with van der Waals surface area (Å²) in [4.78, 5) is 0. The van der Waals surface area contributed by atoms with Crippen LogP contribution in [0.25, 0.3) is 0 Å². The van der Waals surface area contributed by atoms with Crippen molar-refractivity contribution in [3.8, 4) is 0 Å². The van der Waals surface area contributed by atoms with Crippen LogP contribution < -0.4 is 5.32 Å². The molecule has 0 bridgehead atoms. The highest BCUT2D eigenvalue weighted by molar-refractivity contribution is 4.76. The molecule has 0 aliphatic heterocycles. The summed E-state index contributed by atoms with van der Waals surface area (Å²) in [6.45, 7) is 1.28. The van der Waals surface area contributed by atoms with E-state index >= 15 is 0 Å². The Bertz CT molecular complexity index is 145. The Morgan fingerprint density at radius 3 is 2.29 bits per heavy atom. The molecule has 0 unspecified atom stereocenters. The minimum absolute atomic E-state index is 0.890. The molecular weight excluding hydrogens is 170 g/mol. The van der Waals surface area contributed by atoms with Crippen LogP contribution in [0.5, 0.6) is 0 Å². The van der Waals surface area contributed by atoms with Gasteiger partial charge in [0.2, 0.25) is 0 Å². The van der Waals surface area contributed by atoms with E-state index in [0.717, 1.165) is 12.0 Å². The van der Waals surface area contributed by atoms with Gasteiger partial charge in [0, 0.05) is 6.04 Å². The quantitative estimate of drug-likeness (QED) is 0.640. The summed E-state index contributed by atoms with van der Waals surface area (Å²) in [5.74, 6) is 1.10. The van der Waals surface area contributed by atoms with Crippen molar-refractivity contribution in [1.82, 2.24) is 5.32 Å². The molecule has 0 aromatic carbocycles. The zero-order valence-corrected chi connectivity index (χ0v) is 9.43. The lowest BCUT2D eigenvalue weighted by Gasteiger charge is -2.26. The van der Waals surface area contributed by atoms with Crippen LogP contribution in [-0.2, 0) is 0 Å². The summed E-state index contributed by atoms with van der Waals surface area (Å²) in [5, 5.41) is 3.64. The van der Waals surface area contributed by atoms with Gasteiger partial charge >= 0.3 is 0 Å². The summed E-state index contributed by atoms with van der Waals surface area (Å²) >= 11 is 0. The molecule has 1 N–H and O–H groups in total. The lowest BCUT2D eigenvalue weighted by atomic mass is 9.93. The Kier molecular flexibility index (Phi) is 4.30. The van der Waals surface area contributed by atoms with E-state index in [-0.39, 0.29) is 0 Å². The molecule has 2 fully saturated rings. The van der Waals surface area contributed by atoms with Crippen LogP contribution in [0.2, 0.25) is 0 Å². The Morgan fingerprint density at radius 2 is 1.64 bits per heavy atom. The molecular formula is C13H25N. The van der Waals surface area contributed by atoms with Gasteiger partial charge in [0.15, 0.2) is 0 Å². The van der Waals surface area contributed by atoms with Gasteiger partial charge in [-0.2, -0.15) is 0 Å². The Hall–Kier alpha value is -0.0400. The van der Waals surface area contributed by atoms with Gasteiger partial charge in [-0.1, -0.05) is 44.9 Å². The lowest BCUT2D eigenvalue weighted by molar-refractivity contribution is 0.334. The number of hydrogen-bond acceptors (Lipinski definition) is 1. The van der Waals surface area contributed by atoms with Gasteiger partial charge in [-0.3, -0.25) is 0 Å². The molecule has 0 heterocycles. The van der Waals surface area contributed by atoms with E-state index in [1.165, 1.54) is 70.8 Å². The predicted molar refractivity (Wildman–Crippen MR) is 61.5 cm³/mol. The van der Waals surface area contributed by atoms with E-state index in [2.05, 4.69) is 5.32 Å². The number of hydrogen-bond donors (Lipinski definition) is 1. The molecule has 2 saturated carbocycles. The molecule has 0 saturated heterocycles. The summed E-state index contributed by atoms with van der Waals surface area (Å²) in [6.07, 6.45) is 14.8. The van der Waals surface area contributed by atoms with Crippen LogP contribution in [0, 0.1) is 5.92 Å². The van der Waals surface area contributed by atoms with Crippen molar-refractivity contribution in [1.29, 1.82) is 0 Å². The first-order valence-electron chi connectivity index (χ1n) is 6.68. The highest BCUT2D eigenvalue weighted by atomic mass is 14.9. The molecule has 0 atom stereocenters. The molecule has 82 valence electrons. The van der Waals surface area contributed by atoms with Crippen LogP contribution in [0.3, 0.4) is 0 Å². The lowest BCUT2D eigenvalue weighted by Crippen LogP contribution is -2.35. The molecule has 14 heavy (non-hydrogen) atoms. The van der Waals surface area contributed by atoms with E-state index in [4.69, 9.17) is 0 Å². The Balaban J connectivity index is 1.39. The molecule has 0 radical (unpaired) electrons. The summed E-state index contributed by atoms with van der Waals surface area (Å²) in [5.41, 5.74) is 0. The molecule has 2 aliphatic carbocycles. The van der Waals surface area contributed by atoms with Crippen LogP contribution in [-0.4, -0.2) is 12.6 Å². The Labute approximate surface area is 88.7 Å². The van der Waals surface area contributed by atoms with E-state index in [0.29, 0.717) is 0 Å². The predicted octanol–water partition coefficient (Wildman–Crippen LogP) is 3.49. The minimum atomic E-state index is 0.890. The monoisotopic (exact) mass is 195 g/mol. The third kappa shape index (κ3) is 3.27. The fraction of sp³-hybridized carbons (Fsp3) is 1.00. The van der Waals surface area contributed by atoms with Gasteiger partial charge in [0.25, 0.3) is 0 Å². The molecule has 0 amide bonds. The standard InChI is InChI=1S/C13H25N/c1-2-7-12(6-1)8-3-4-11-14-13-9-5-10-13/h12-14H,1-11H2. The van der Waals surface area contributed by atoms with E-state index in [1.807, 2.05) is 0 Å². The summed E-state index contributed by atoms with van der Waals surface area (Å²) < 4.78 is 0. The van der Waals surface area contributed by atoms with Gasteiger partial charge in [-0.15, -0.1) is 0 Å². The first-order valence-corrected chi connectivity index (χ1v) is 6.68. The molecule has 0 spiro atoms. The van der Waals surface area contributed by atoms with Crippen LogP contribution in [0.1, 0.15) is 64.2 Å². The van der Waals surface area contributed by atoms with Gasteiger partial charge in [-0.05, 0) is 31.7 Å². The first-order chi connectivity index (χ1) is 6.95. The van der Waals surface area contributed by atoms with Crippen molar-refractivity contribution in [2.75, 3.05) is 6.54 Å². The zero-order valence-electron chi connectivity index (χ0n) is 9.43. The maximum Gasteiger partial charge on any atom is 0.00670 e. The van der Waals surface area contributed by atoms with E-state index in [9.17, 15) is 0 Å². The normalized spacial score (nSPS) is 24.0. The SMILES string of the molecule is C(CCC1CCCC1)CNC1CCC1. The third-order valence-corrected chi connectivity index (χ3v) is 4.05. The van der Waals surface area contributed by atoms with Crippen molar-refractivity contribution in [2.24, 2.45) is 5.92 Å². The van der Waals surface area contributed by atoms with Crippen molar-refractivity contribution >= 4 is 0 Å². The van der Waals surface area contributed by atoms with Gasteiger partial charge < -0.3 is 5.32 Å². The second-order valence-corrected chi connectivity index (χ2v) is 5.23. The summed E-state index contributed by atoms with van der Waals surface area (Å²) in [7, 11) is 0. The van der Waals surface area contributed by atoms with Crippen molar-refractivity contribution in [3.05, 3.63) is 0 Å². The maximum atomic E-state index is 3.64. The van der Waals surface area contributed by atoms with Crippen LogP contribution in [0.4, 0.5) is 0 Å². The average molecular weight is 195 g/mol. The van der Waals surface area contributed by atoms with Crippen molar-refractivity contribution in [3.63, 3.8) is 0 Å². The minimum Gasteiger partial charge on any atom is -0.314 e. The highest BCUT2D eigenvalue weighted by Crippen LogP contribution is 2.28. The molecule has 0 aromatic rings. The number of nitrogens with one attached hydrogen (secondary N) is 1. The number of unbranched alkanes of at least 4 members (excludes halogenated alkanes) is 1. The van der Waals surface area contributed by atoms with Crippen LogP contribution >= 0.6 is 0 Å². The maximum absolute atomic E-state index is 3.64. The average Bonchev–Trinajstić information content (AvgIpc) is 2.60. The highest BCUT2D eigenvalue weighted by Gasteiger charge is 2.16. The topological polar surface area (TPSA) is 12.0 Å². The van der Waals surface area contributed by atoms with Gasteiger partial charge in [-0.25, -0.2) is 0 Å². The Morgan fingerprint density at radius 1 is 0.857 bits per heavy atom. The van der Waals surface area contributed by atoms with Gasteiger partial charge in [0.05, 0.1) is 0 Å². The van der Waals surface area contributed by atoms with Crippen LogP contribution in [0.15, 0.2) is 0 Å². The van der Waals surface area contributed by atoms with Crippen molar-refractivity contribution < 1.29 is 0 Å². The second-order valence-electron chi connectivity index (χ2n) is 5.23. The smallest absolute Gasteiger partial charge is 0.00670 e. The largest absolute Gasteiger partial charge is 0.314 e. The third-order valence-electron chi connectivity index (χ3n) is 4.05. The molecule has 0 aromatic heterocycles. The zero-order chi connectivity index (χ0) is 9.64. The molecule has 2 rings (SSSR count). The van der Waals surface area contributed by atoms with Gasteiger partial charge in [0.1, 0.15) is 0 Å². The molecule has 2 aliphatic rings. The van der Waals surface area contributed by atoms with E-state index < -0.39 is 0 Å². The van der Waals surface area contributed by atoms with E-state index in [1.54, 1.807) is 0 Å². The van der Waals surface area contributed by atoms with Crippen molar-refractivity contribution in [2.45, 2.75) is 70.3 Å².